The fourth-order valence-corrected chi connectivity index (χ4v) is 3.60. The van der Waals surface area contributed by atoms with Crippen molar-refractivity contribution in [2.24, 2.45) is 7.05 Å². The van der Waals surface area contributed by atoms with E-state index in [2.05, 4.69) is 20.4 Å². The predicted molar refractivity (Wildman–Crippen MR) is 134 cm³/mol. The molecule has 10 nitrogen and oxygen atoms in total. The van der Waals surface area contributed by atoms with E-state index in [9.17, 15) is 9.59 Å². The van der Waals surface area contributed by atoms with Gasteiger partial charge in [0.1, 0.15) is 28.7 Å². The van der Waals surface area contributed by atoms with Crippen molar-refractivity contribution in [3.63, 3.8) is 0 Å². The summed E-state index contributed by atoms with van der Waals surface area (Å²) in [5.74, 6) is 1.59. The summed E-state index contributed by atoms with van der Waals surface area (Å²) in [4.78, 5) is 36.2. The molecule has 10 heteroatoms. The first-order valence-electron chi connectivity index (χ1n) is 11.1. The summed E-state index contributed by atoms with van der Waals surface area (Å²) in [6, 6.07) is 10.0. The lowest BCUT2D eigenvalue weighted by Crippen LogP contribution is -2.33. The van der Waals surface area contributed by atoms with Crippen LogP contribution in [-0.4, -0.2) is 44.3 Å². The zero-order valence-corrected chi connectivity index (χ0v) is 20.3. The van der Waals surface area contributed by atoms with Crippen molar-refractivity contribution in [2.45, 2.75) is 19.9 Å². The molecule has 180 valence electrons. The van der Waals surface area contributed by atoms with Gasteiger partial charge in [-0.05, 0) is 44.2 Å². The fourth-order valence-electron chi connectivity index (χ4n) is 3.60. The number of pyridine rings is 3. The van der Waals surface area contributed by atoms with Crippen LogP contribution in [0.3, 0.4) is 0 Å². The number of hydrogen-bond acceptors (Lipinski definition) is 7. The molecule has 4 aromatic heterocycles. The molecule has 0 aromatic carbocycles. The second-order valence-electron chi connectivity index (χ2n) is 8.48. The average Bonchev–Trinajstić information content (AvgIpc) is 3.26. The third-order valence-electron chi connectivity index (χ3n) is 5.26. The van der Waals surface area contributed by atoms with Gasteiger partial charge in [-0.25, -0.2) is 4.98 Å². The van der Waals surface area contributed by atoms with E-state index in [1.54, 1.807) is 45.9 Å². The number of aryl methyl sites for hydroxylation is 1. The number of amides is 1. The van der Waals surface area contributed by atoms with Gasteiger partial charge < -0.3 is 15.0 Å². The number of carbonyl (C=O) groups is 1. The first-order valence-corrected chi connectivity index (χ1v) is 11.1. The molecule has 35 heavy (non-hydrogen) atoms. The number of aromatic nitrogens is 5. The van der Waals surface area contributed by atoms with Crippen LogP contribution >= 0.6 is 0 Å². The molecule has 1 amide bonds. The summed E-state index contributed by atoms with van der Waals surface area (Å²) in [5, 5.41) is 6.85. The van der Waals surface area contributed by atoms with Gasteiger partial charge in [0.15, 0.2) is 0 Å². The first kappa shape index (κ1) is 23.7. The highest BCUT2D eigenvalue weighted by atomic mass is 16.5. The number of rotatable bonds is 7. The van der Waals surface area contributed by atoms with Gasteiger partial charge >= 0.3 is 0 Å². The van der Waals surface area contributed by atoms with E-state index in [-0.39, 0.29) is 17.2 Å². The Hall–Kier alpha value is -4.47. The molecule has 0 atom stereocenters. The maximum Gasteiger partial charge on any atom is 0.265 e. The molecule has 0 aliphatic rings. The van der Waals surface area contributed by atoms with Crippen LogP contribution in [0.25, 0.3) is 11.3 Å². The van der Waals surface area contributed by atoms with Crippen LogP contribution in [0.15, 0.2) is 66.0 Å². The lowest BCUT2D eigenvalue weighted by molar-refractivity contribution is 0.102. The summed E-state index contributed by atoms with van der Waals surface area (Å²) in [5.41, 5.74) is 1.31. The minimum atomic E-state index is -0.522. The molecule has 0 radical (unpaired) electrons. The second-order valence-corrected chi connectivity index (χ2v) is 8.48. The number of nitrogens with zero attached hydrogens (tertiary/aromatic N) is 6. The van der Waals surface area contributed by atoms with E-state index >= 15 is 0 Å². The highest BCUT2D eigenvalue weighted by Crippen LogP contribution is 2.25. The van der Waals surface area contributed by atoms with Crippen molar-refractivity contribution >= 4 is 17.5 Å². The molecule has 4 heterocycles. The Balaban J connectivity index is 1.48. The van der Waals surface area contributed by atoms with Crippen LogP contribution in [0, 0.1) is 0 Å². The summed E-state index contributed by atoms with van der Waals surface area (Å²) in [6.45, 7) is 3.80. The van der Waals surface area contributed by atoms with Crippen molar-refractivity contribution in [3.05, 3.63) is 77.1 Å². The molecule has 0 saturated heterocycles. The topological polar surface area (TPSA) is 107 Å². The molecule has 4 aromatic rings. The molecule has 1 N–H and O–H groups in total. The first-order chi connectivity index (χ1) is 16.7. The number of anilines is 2. The van der Waals surface area contributed by atoms with Gasteiger partial charge in [0, 0.05) is 51.2 Å². The zero-order chi connectivity index (χ0) is 25.1. The number of hydrogen-bond donors (Lipinski definition) is 1. The van der Waals surface area contributed by atoms with Gasteiger partial charge in [0.05, 0.1) is 18.1 Å². The lowest BCUT2D eigenvalue weighted by Gasteiger charge is -2.22. The quantitative estimate of drug-likeness (QED) is 0.436. The minimum Gasteiger partial charge on any atom is -0.456 e. The van der Waals surface area contributed by atoms with Gasteiger partial charge in [-0.3, -0.25) is 23.8 Å². The molecule has 0 aliphatic heterocycles. The predicted octanol–water partition coefficient (Wildman–Crippen LogP) is 3.73. The van der Waals surface area contributed by atoms with Gasteiger partial charge in [0.25, 0.3) is 11.5 Å². The zero-order valence-electron chi connectivity index (χ0n) is 20.3. The Labute approximate surface area is 202 Å². The van der Waals surface area contributed by atoms with Crippen molar-refractivity contribution in [1.29, 1.82) is 0 Å². The van der Waals surface area contributed by atoms with Gasteiger partial charge in [-0.15, -0.1) is 0 Å². The lowest BCUT2D eigenvalue weighted by atomic mass is 10.2. The van der Waals surface area contributed by atoms with Crippen molar-refractivity contribution in [2.75, 3.05) is 24.3 Å². The second kappa shape index (κ2) is 9.80. The smallest absolute Gasteiger partial charge is 0.265 e. The van der Waals surface area contributed by atoms with Crippen LogP contribution in [0.5, 0.6) is 11.5 Å². The van der Waals surface area contributed by atoms with E-state index in [0.29, 0.717) is 17.3 Å². The van der Waals surface area contributed by atoms with Crippen LogP contribution in [0.2, 0.25) is 0 Å². The molecule has 0 unspecified atom stereocenters. The Bertz CT molecular complexity index is 1410. The van der Waals surface area contributed by atoms with Crippen LogP contribution < -0.4 is 20.5 Å². The van der Waals surface area contributed by atoms with Crippen LogP contribution in [0.4, 0.5) is 11.6 Å². The van der Waals surface area contributed by atoms with E-state index in [1.165, 1.54) is 12.3 Å². The molecule has 0 aliphatic carbocycles. The van der Waals surface area contributed by atoms with Crippen molar-refractivity contribution < 1.29 is 9.53 Å². The fraction of sp³-hybridized carbons (Fsp3) is 0.240. The highest BCUT2D eigenvalue weighted by molar-refractivity contribution is 6.03. The number of ether oxygens (including phenoxy) is 1. The Morgan fingerprint density at radius 2 is 1.86 bits per heavy atom. The molecule has 4 rings (SSSR count). The van der Waals surface area contributed by atoms with Crippen LogP contribution in [0.1, 0.15) is 30.2 Å². The molecule has 0 spiro atoms. The summed E-state index contributed by atoms with van der Waals surface area (Å²) >= 11 is 0. The Morgan fingerprint density at radius 1 is 1.06 bits per heavy atom. The monoisotopic (exact) mass is 473 g/mol. The minimum absolute atomic E-state index is 0.0474. The van der Waals surface area contributed by atoms with E-state index in [0.717, 1.165) is 17.1 Å². The van der Waals surface area contributed by atoms with Crippen molar-refractivity contribution in [1.82, 2.24) is 24.3 Å². The molecule has 0 saturated carbocycles. The molecule has 0 bridgehead atoms. The third kappa shape index (κ3) is 5.21. The number of carbonyl (C=O) groups excluding carboxylic acids is 1. The van der Waals surface area contributed by atoms with E-state index in [4.69, 9.17) is 4.74 Å². The summed E-state index contributed by atoms with van der Waals surface area (Å²) < 4.78 is 9.18. The molecular weight excluding hydrogens is 446 g/mol. The van der Waals surface area contributed by atoms with Gasteiger partial charge in [-0.1, -0.05) is 0 Å². The molecule has 0 fully saturated rings. The highest BCUT2D eigenvalue weighted by Gasteiger charge is 2.18. The van der Waals surface area contributed by atoms with Gasteiger partial charge in [0.2, 0.25) is 0 Å². The summed E-state index contributed by atoms with van der Waals surface area (Å²) in [6.07, 6.45) is 6.76. The van der Waals surface area contributed by atoms with E-state index in [1.807, 2.05) is 52.2 Å². The normalized spacial score (nSPS) is 10.9. The summed E-state index contributed by atoms with van der Waals surface area (Å²) in [7, 11) is 5.55. The van der Waals surface area contributed by atoms with Gasteiger partial charge in [-0.2, -0.15) is 5.10 Å². The Morgan fingerprint density at radius 3 is 2.49 bits per heavy atom. The SMILES string of the molecule is CC(C)n1c(N(C)C)ccc(C(=O)Nc2ccc(Oc3ccnc(-c4cnn(C)c4)c3)cn2)c1=O. The Kier molecular flexibility index (Phi) is 6.63. The van der Waals surface area contributed by atoms with E-state index < -0.39 is 5.91 Å². The average molecular weight is 474 g/mol. The number of nitrogens with one attached hydrogen (secondary N) is 1. The van der Waals surface area contributed by atoms with Crippen molar-refractivity contribution in [3.8, 4) is 22.8 Å². The third-order valence-corrected chi connectivity index (χ3v) is 5.26. The standard InChI is InChI=1S/C25H27N7O3/c1-16(2)32-23(30(3)4)9-7-20(25(32)34)24(33)29-22-8-6-19(14-27-22)35-18-10-11-26-21(12-18)17-13-28-31(5)15-17/h6-16H,1-5H3,(H,27,29,33). The van der Waals surface area contributed by atoms with Crippen LogP contribution in [-0.2, 0) is 7.05 Å². The maximum atomic E-state index is 13.0. The maximum absolute atomic E-state index is 13.0. The largest absolute Gasteiger partial charge is 0.456 e. The molecular formula is C25H27N7O3.